The number of carbonyl (C=O) groups is 2. The lowest BCUT2D eigenvalue weighted by atomic mass is 10.1. The third-order valence-corrected chi connectivity index (χ3v) is 5.31. The number of nitrogens with zero attached hydrogens (tertiary/aromatic N) is 1. The molecule has 4 nitrogen and oxygen atoms in total. The molecule has 0 unspecified atom stereocenters. The minimum Gasteiger partial charge on any atom is -0.355 e. The smallest absolute Gasteiger partial charge is 0.242 e. The molecule has 0 aromatic heterocycles. The predicted molar refractivity (Wildman–Crippen MR) is 112 cm³/mol. The first-order valence-corrected chi connectivity index (χ1v) is 10.3. The van der Waals surface area contributed by atoms with Gasteiger partial charge in [-0.05, 0) is 38.0 Å². The van der Waals surface area contributed by atoms with Crippen molar-refractivity contribution in [2.24, 2.45) is 0 Å². The van der Waals surface area contributed by atoms with E-state index in [4.69, 9.17) is 0 Å². The summed E-state index contributed by atoms with van der Waals surface area (Å²) in [6, 6.07) is 17.5. The first kappa shape index (κ1) is 21.0. The number of rotatable bonds is 9. The van der Waals surface area contributed by atoms with Gasteiger partial charge in [-0.1, -0.05) is 55.0 Å². The maximum absolute atomic E-state index is 13.0. The Morgan fingerprint density at radius 3 is 2.30 bits per heavy atom. The van der Waals surface area contributed by atoms with Crippen molar-refractivity contribution in [3.8, 4) is 0 Å². The highest BCUT2D eigenvalue weighted by Crippen LogP contribution is 2.21. The summed E-state index contributed by atoms with van der Waals surface area (Å²) < 4.78 is 0. The molecule has 2 rings (SSSR count). The Hall–Kier alpha value is -2.27. The van der Waals surface area contributed by atoms with Crippen molar-refractivity contribution in [1.29, 1.82) is 0 Å². The molecular weight excluding hydrogens is 356 g/mol. The molecule has 1 atom stereocenters. The Balaban J connectivity index is 2.14. The molecule has 0 heterocycles. The summed E-state index contributed by atoms with van der Waals surface area (Å²) in [5.41, 5.74) is 2.22. The Morgan fingerprint density at radius 1 is 1.04 bits per heavy atom. The van der Waals surface area contributed by atoms with Gasteiger partial charge in [-0.25, -0.2) is 0 Å². The molecule has 0 saturated carbocycles. The summed E-state index contributed by atoms with van der Waals surface area (Å²) in [7, 11) is 0. The van der Waals surface area contributed by atoms with Crippen LogP contribution in [-0.2, 0) is 16.1 Å². The van der Waals surface area contributed by atoms with E-state index in [1.807, 2.05) is 75.4 Å². The van der Waals surface area contributed by atoms with Crippen LogP contribution < -0.4 is 5.32 Å². The third-order valence-electron chi connectivity index (χ3n) is 4.32. The van der Waals surface area contributed by atoms with Crippen molar-refractivity contribution >= 4 is 23.6 Å². The van der Waals surface area contributed by atoms with Crippen LogP contribution in [0.5, 0.6) is 0 Å². The van der Waals surface area contributed by atoms with E-state index < -0.39 is 6.04 Å². The van der Waals surface area contributed by atoms with Gasteiger partial charge in [0.05, 0.1) is 5.75 Å². The van der Waals surface area contributed by atoms with E-state index in [2.05, 4.69) is 5.32 Å². The SMILES string of the molecule is CCNC(=O)[C@H](CC)N(Cc1ccccc1)C(=O)CSc1ccc(C)cc1. The van der Waals surface area contributed by atoms with Gasteiger partial charge in [0.2, 0.25) is 11.8 Å². The number of hydrogen-bond donors (Lipinski definition) is 1. The van der Waals surface area contributed by atoms with E-state index in [-0.39, 0.29) is 11.8 Å². The van der Waals surface area contributed by atoms with Gasteiger partial charge in [0.25, 0.3) is 0 Å². The summed E-state index contributed by atoms with van der Waals surface area (Å²) in [4.78, 5) is 28.3. The number of carbonyl (C=O) groups excluding carboxylic acids is 2. The van der Waals surface area contributed by atoms with Crippen LogP contribution in [0.4, 0.5) is 0 Å². The zero-order chi connectivity index (χ0) is 19.6. The molecule has 0 saturated heterocycles. The molecule has 1 N–H and O–H groups in total. The average Bonchev–Trinajstić information content (AvgIpc) is 2.68. The molecule has 144 valence electrons. The molecule has 0 spiro atoms. The van der Waals surface area contributed by atoms with Crippen LogP contribution in [0.2, 0.25) is 0 Å². The lowest BCUT2D eigenvalue weighted by molar-refractivity contribution is -0.139. The van der Waals surface area contributed by atoms with Crippen LogP contribution in [0.1, 0.15) is 31.4 Å². The van der Waals surface area contributed by atoms with Gasteiger partial charge in [0, 0.05) is 18.0 Å². The normalized spacial score (nSPS) is 11.7. The van der Waals surface area contributed by atoms with Gasteiger partial charge in [0.1, 0.15) is 6.04 Å². The van der Waals surface area contributed by atoms with Crippen LogP contribution in [0, 0.1) is 6.92 Å². The van der Waals surface area contributed by atoms with E-state index in [1.165, 1.54) is 17.3 Å². The first-order chi connectivity index (χ1) is 13.0. The lowest BCUT2D eigenvalue weighted by Crippen LogP contribution is -2.49. The van der Waals surface area contributed by atoms with Crippen molar-refractivity contribution in [3.63, 3.8) is 0 Å². The number of amides is 2. The van der Waals surface area contributed by atoms with Crippen LogP contribution in [0.15, 0.2) is 59.5 Å². The van der Waals surface area contributed by atoms with Crippen LogP contribution in [0.25, 0.3) is 0 Å². The second-order valence-corrected chi connectivity index (χ2v) is 7.48. The third kappa shape index (κ3) is 6.43. The summed E-state index contributed by atoms with van der Waals surface area (Å²) in [6.45, 7) is 6.86. The largest absolute Gasteiger partial charge is 0.355 e. The Labute approximate surface area is 166 Å². The second-order valence-electron chi connectivity index (χ2n) is 6.43. The molecule has 2 amide bonds. The molecule has 27 heavy (non-hydrogen) atoms. The number of likely N-dealkylation sites (N-methyl/N-ethyl adjacent to an activating group) is 1. The van der Waals surface area contributed by atoms with Gasteiger partial charge in [-0.15, -0.1) is 11.8 Å². The summed E-state index contributed by atoms with van der Waals surface area (Å²) in [5, 5.41) is 2.86. The van der Waals surface area contributed by atoms with Crippen molar-refractivity contribution < 1.29 is 9.59 Å². The molecule has 0 bridgehead atoms. The highest BCUT2D eigenvalue weighted by Gasteiger charge is 2.28. The number of nitrogens with one attached hydrogen (secondary N) is 1. The molecule has 0 radical (unpaired) electrons. The van der Waals surface area contributed by atoms with Crippen molar-refractivity contribution in [1.82, 2.24) is 10.2 Å². The fourth-order valence-electron chi connectivity index (χ4n) is 2.85. The Bertz CT molecular complexity index is 732. The summed E-state index contributed by atoms with van der Waals surface area (Å²) >= 11 is 1.51. The van der Waals surface area contributed by atoms with Crippen LogP contribution in [-0.4, -0.2) is 35.1 Å². The summed E-state index contributed by atoms with van der Waals surface area (Å²) in [5.74, 6) is 0.193. The summed E-state index contributed by atoms with van der Waals surface area (Å²) in [6.07, 6.45) is 0.583. The van der Waals surface area contributed by atoms with Gasteiger partial charge in [0.15, 0.2) is 0 Å². The topological polar surface area (TPSA) is 49.4 Å². The van der Waals surface area contributed by atoms with Gasteiger partial charge < -0.3 is 10.2 Å². The van der Waals surface area contributed by atoms with Crippen LogP contribution in [0.3, 0.4) is 0 Å². The minimum atomic E-state index is -0.462. The monoisotopic (exact) mass is 384 g/mol. The maximum atomic E-state index is 13.0. The maximum Gasteiger partial charge on any atom is 0.242 e. The first-order valence-electron chi connectivity index (χ1n) is 9.35. The van der Waals surface area contributed by atoms with E-state index in [9.17, 15) is 9.59 Å². The number of aryl methyl sites for hydroxylation is 1. The lowest BCUT2D eigenvalue weighted by Gasteiger charge is -2.30. The van der Waals surface area contributed by atoms with Crippen molar-refractivity contribution in [2.45, 2.75) is 44.7 Å². The zero-order valence-corrected chi connectivity index (χ0v) is 17.1. The number of hydrogen-bond acceptors (Lipinski definition) is 3. The molecule has 0 aliphatic heterocycles. The molecule has 5 heteroatoms. The van der Waals surface area contributed by atoms with E-state index >= 15 is 0 Å². The average molecular weight is 385 g/mol. The van der Waals surface area contributed by atoms with Gasteiger partial charge in [-0.2, -0.15) is 0 Å². The van der Waals surface area contributed by atoms with Gasteiger partial charge in [-0.3, -0.25) is 9.59 Å². The fourth-order valence-corrected chi connectivity index (χ4v) is 3.64. The fraction of sp³-hybridized carbons (Fsp3) is 0.364. The van der Waals surface area contributed by atoms with E-state index in [0.29, 0.717) is 25.3 Å². The Kier molecular flexibility index (Phi) is 8.40. The second kappa shape index (κ2) is 10.8. The predicted octanol–water partition coefficient (Wildman–Crippen LogP) is 4.03. The number of thioether (sulfide) groups is 1. The standard InChI is InChI=1S/C22H28N2O2S/c1-4-20(22(26)23-5-2)24(15-18-9-7-6-8-10-18)21(25)16-27-19-13-11-17(3)12-14-19/h6-14,20H,4-5,15-16H2,1-3H3,(H,23,26)/t20-/m0/s1. The minimum absolute atomic E-state index is 0.0254. The Morgan fingerprint density at radius 2 is 1.70 bits per heavy atom. The number of benzene rings is 2. The molecule has 0 aliphatic rings. The quantitative estimate of drug-likeness (QED) is 0.664. The van der Waals surface area contributed by atoms with Crippen LogP contribution >= 0.6 is 11.8 Å². The molecule has 0 fully saturated rings. The van der Waals surface area contributed by atoms with E-state index in [0.717, 1.165) is 10.5 Å². The zero-order valence-electron chi connectivity index (χ0n) is 16.3. The van der Waals surface area contributed by atoms with E-state index in [1.54, 1.807) is 4.90 Å². The highest BCUT2D eigenvalue weighted by molar-refractivity contribution is 8.00. The molecule has 2 aromatic carbocycles. The van der Waals surface area contributed by atoms with Crippen molar-refractivity contribution in [2.75, 3.05) is 12.3 Å². The molecule has 0 aliphatic carbocycles. The van der Waals surface area contributed by atoms with Crippen molar-refractivity contribution in [3.05, 3.63) is 65.7 Å². The van der Waals surface area contributed by atoms with Gasteiger partial charge >= 0.3 is 0 Å². The highest BCUT2D eigenvalue weighted by atomic mass is 32.2. The molecule has 2 aromatic rings. The molecular formula is C22H28N2O2S.